The van der Waals surface area contributed by atoms with E-state index in [0.717, 1.165) is 18.4 Å². The average molecular weight is 346 g/mol. The minimum Gasteiger partial charge on any atom is -0.382 e. The van der Waals surface area contributed by atoms with Gasteiger partial charge >= 0.3 is 16.3 Å². The smallest absolute Gasteiger partial charge is 0.382 e. The number of para-hydroxylation sites is 1. The van der Waals surface area contributed by atoms with Gasteiger partial charge in [0.2, 0.25) is 0 Å². The molecule has 0 heterocycles. The van der Waals surface area contributed by atoms with Crippen LogP contribution in [-0.2, 0) is 26.1 Å². The van der Waals surface area contributed by atoms with E-state index in [9.17, 15) is 30.0 Å². The van der Waals surface area contributed by atoms with E-state index in [-0.39, 0.29) is 6.42 Å². The number of halogens is 3. The summed E-state index contributed by atoms with van der Waals surface area (Å²) < 4.78 is 87.4. The average Bonchev–Trinajstić information content (AvgIpc) is 2.25. The molecule has 0 aliphatic rings. The van der Waals surface area contributed by atoms with Crippen molar-refractivity contribution in [3.05, 3.63) is 29.8 Å². The topological polar surface area (TPSA) is 77.5 Å². The Kier molecular flexibility index (Phi) is 5.26. The van der Waals surface area contributed by atoms with Crippen molar-refractivity contribution in [1.82, 2.24) is 0 Å². The van der Waals surface area contributed by atoms with Crippen LogP contribution in [0, 0.1) is 0 Å². The summed E-state index contributed by atoms with van der Waals surface area (Å²) in [7, 11) is -7.66. The number of alkyl halides is 3. The quantitative estimate of drug-likeness (QED) is 0.735. The van der Waals surface area contributed by atoms with E-state index in [1.54, 1.807) is 0 Å². The highest BCUT2D eigenvalue weighted by Gasteiger charge is 2.35. The predicted octanol–water partition coefficient (Wildman–Crippen LogP) is 1.85. The first-order valence-corrected chi connectivity index (χ1v) is 9.31. The van der Waals surface area contributed by atoms with Gasteiger partial charge in [0.1, 0.15) is 9.84 Å². The summed E-state index contributed by atoms with van der Waals surface area (Å²) in [4.78, 5) is 0. The third-order valence-electron chi connectivity index (χ3n) is 2.32. The Labute approximate surface area is 120 Å². The fourth-order valence-corrected chi connectivity index (χ4v) is 3.30. The molecular formula is C11H13F3O5S2. The van der Waals surface area contributed by atoms with Crippen LogP contribution in [-0.4, -0.2) is 34.6 Å². The van der Waals surface area contributed by atoms with Crippen molar-refractivity contribution in [3.8, 4) is 5.75 Å². The highest BCUT2D eigenvalue weighted by atomic mass is 32.2. The van der Waals surface area contributed by atoms with Crippen molar-refractivity contribution in [2.45, 2.75) is 12.6 Å². The van der Waals surface area contributed by atoms with Crippen LogP contribution in [0.25, 0.3) is 0 Å². The number of sulfone groups is 1. The summed E-state index contributed by atoms with van der Waals surface area (Å²) in [6.45, 7) is 0. The molecule has 0 radical (unpaired) electrons. The van der Waals surface area contributed by atoms with Crippen molar-refractivity contribution in [2.75, 3.05) is 17.8 Å². The zero-order valence-electron chi connectivity index (χ0n) is 10.9. The van der Waals surface area contributed by atoms with E-state index in [0.29, 0.717) is 6.07 Å². The second kappa shape index (κ2) is 6.22. The van der Waals surface area contributed by atoms with Gasteiger partial charge in [-0.25, -0.2) is 8.42 Å². The minimum atomic E-state index is -4.75. The molecule has 0 aromatic heterocycles. The summed E-state index contributed by atoms with van der Waals surface area (Å²) in [5, 5.41) is 0. The van der Waals surface area contributed by atoms with E-state index in [1.807, 2.05) is 0 Å². The third kappa shape index (κ3) is 6.34. The highest BCUT2D eigenvalue weighted by molar-refractivity contribution is 7.90. The molecule has 0 aliphatic carbocycles. The van der Waals surface area contributed by atoms with E-state index < -0.39 is 49.0 Å². The Morgan fingerprint density at radius 1 is 1.05 bits per heavy atom. The van der Waals surface area contributed by atoms with Crippen molar-refractivity contribution in [3.63, 3.8) is 0 Å². The van der Waals surface area contributed by atoms with Gasteiger partial charge in [0, 0.05) is 6.26 Å². The van der Waals surface area contributed by atoms with Crippen molar-refractivity contribution in [2.24, 2.45) is 0 Å². The molecule has 120 valence electrons. The molecule has 0 aliphatic heterocycles. The number of rotatable bonds is 6. The van der Waals surface area contributed by atoms with Gasteiger partial charge in [0.25, 0.3) is 0 Å². The van der Waals surface area contributed by atoms with Crippen LogP contribution in [0.4, 0.5) is 13.2 Å². The standard InChI is InChI=1S/C11H13F3O5S2/c1-20(15,16)7-4-8-21(17,18)19-10-6-3-2-5-9(10)11(12,13)14/h2-3,5-6H,4,7-8H2,1H3. The van der Waals surface area contributed by atoms with Gasteiger partial charge < -0.3 is 4.18 Å². The summed E-state index contributed by atoms with van der Waals surface area (Å²) in [5.74, 6) is -1.91. The Morgan fingerprint density at radius 2 is 1.62 bits per heavy atom. The largest absolute Gasteiger partial charge is 0.420 e. The fourth-order valence-electron chi connectivity index (χ4n) is 1.45. The predicted molar refractivity (Wildman–Crippen MR) is 70.2 cm³/mol. The number of hydrogen-bond acceptors (Lipinski definition) is 5. The van der Waals surface area contributed by atoms with Crippen LogP contribution in [0.2, 0.25) is 0 Å². The molecule has 1 aromatic carbocycles. The molecule has 0 saturated carbocycles. The lowest BCUT2D eigenvalue weighted by atomic mass is 10.2. The zero-order chi connectivity index (χ0) is 16.3. The number of hydrogen-bond donors (Lipinski definition) is 0. The molecule has 0 spiro atoms. The maximum atomic E-state index is 12.7. The molecule has 0 amide bonds. The van der Waals surface area contributed by atoms with Crippen molar-refractivity contribution >= 4 is 20.0 Å². The van der Waals surface area contributed by atoms with Gasteiger partial charge in [-0.1, -0.05) is 12.1 Å². The Bertz CT molecular complexity index is 693. The van der Waals surface area contributed by atoms with Gasteiger partial charge in [0.05, 0.1) is 17.1 Å². The first-order chi connectivity index (χ1) is 9.41. The maximum absolute atomic E-state index is 12.7. The third-order valence-corrected chi connectivity index (χ3v) is 4.57. The molecule has 0 saturated heterocycles. The molecule has 0 atom stereocenters. The van der Waals surface area contributed by atoms with Crippen LogP contribution in [0.15, 0.2) is 24.3 Å². The van der Waals surface area contributed by atoms with Crippen LogP contribution < -0.4 is 4.18 Å². The molecule has 0 fully saturated rings. The summed E-state index contributed by atoms with van der Waals surface area (Å²) in [6.07, 6.45) is -4.08. The fraction of sp³-hybridized carbons (Fsp3) is 0.455. The van der Waals surface area contributed by atoms with E-state index in [1.165, 1.54) is 6.07 Å². The minimum absolute atomic E-state index is 0.255. The van der Waals surface area contributed by atoms with Crippen molar-refractivity contribution < 1.29 is 34.2 Å². The maximum Gasteiger partial charge on any atom is 0.420 e. The molecule has 10 heteroatoms. The van der Waals surface area contributed by atoms with Crippen LogP contribution in [0.1, 0.15) is 12.0 Å². The Morgan fingerprint density at radius 3 is 2.14 bits per heavy atom. The molecule has 21 heavy (non-hydrogen) atoms. The molecule has 0 unspecified atom stereocenters. The summed E-state index contributed by atoms with van der Waals surface area (Å²) >= 11 is 0. The Hall–Kier alpha value is -1.29. The second-order valence-electron chi connectivity index (χ2n) is 4.32. The van der Waals surface area contributed by atoms with Crippen molar-refractivity contribution in [1.29, 1.82) is 0 Å². The second-order valence-corrected chi connectivity index (χ2v) is 8.27. The molecule has 1 rings (SSSR count). The molecular weight excluding hydrogens is 333 g/mol. The molecule has 0 bridgehead atoms. The van der Waals surface area contributed by atoms with Gasteiger partial charge in [-0.2, -0.15) is 21.6 Å². The van der Waals surface area contributed by atoms with E-state index >= 15 is 0 Å². The first-order valence-electron chi connectivity index (χ1n) is 5.67. The normalized spacial score (nSPS) is 13.1. The van der Waals surface area contributed by atoms with Crippen LogP contribution >= 0.6 is 0 Å². The van der Waals surface area contributed by atoms with Gasteiger partial charge in [-0.15, -0.1) is 0 Å². The van der Waals surface area contributed by atoms with Gasteiger partial charge in [-0.05, 0) is 18.6 Å². The highest BCUT2D eigenvalue weighted by Crippen LogP contribution is 2.36. The lowest BCUT2D eigenvalue weighted by molar-refractivity contribution is -0.138. The first kappa shape index (κ1) is 17.8. The lowest BCUT2D eigenvalue weighted by Crippen LogP contribution is -2.18. The van der Waals surface area contributed by atoms with Crippen LogP contribution in [0.3, 0.4) is 0 Å². The number of benzene rings is 1. The van der Waals surface area contributed by atoms with Gasteiger partial charge in [0.15, 0.2) is 5.75 Å². The summed E-state index contributed by atoms with van der Waals surface area (Å²) in [6, 6.07) is 3.89. The monoisotopic (exact) mass is 346 g/mol. The Balaban J connectivity index is 2.86. The molecule has 1 aromatic rings. The van der Waals surface area contributed by atoms with E-state index in [2.05, 4.69) is 4.18 Å². The van der Waals surface area contributed by atoms with Gasteiger partial charge in [-0.3, -0.25) is 0 Å². The lowest BCUT2D eigenvalue weighted by Gasteiger charge is -2.13. The SMILES string of the molecule is CS(=O)(=O)CCCS(=O)(=O)Oc1ccccc1C(F)(F)F. The molecule has 0 N–H and O–H groups in total. The van der Waals surface area contributed by atoms with Crippen LogP contribution in [0.5, 0.6) is 5.75 Å². The molecule has 5 nitrogen and oxygen atoms in total. The summed E-state index contributed by atoms with van der Waals surface area (Å²) in [5.41, 5.74) is -1.21. The van der Waals surface area contributed by atoms with E-state index in [4.69, 9.17) is 0 Å². The zero-order valence-corrected chi connectivity index (χ0v) is 12.6.